The quantitative estimate of drug-likeness (QED) is 0.290. The smallest absolute Gasteiger partial charge is 0.341 e. The maximum Gasteiger partial charge on any atom is 0.341 e. The Bertz CT molecular complexity index is 366. The fourth-order valence-electron chi connectivity index (χ4n) is 0.539. The van der Waals surface area contributed by atoms with Crippen molar-refractivity contribution in [2.75, 3.05) is 6.61 Å². The Morgan fingerprint density at radius 2 is 1.67 bits per heavy atom. The molecule has 0 rings (SSSR count). The Morgan fingerprint density at radius 1 is 1.17 bits per heavy atom. The Kier molecular flexibility index (Phi) is 10.8. The van der Waals surface area contributed by atoms with E-state index in [0.717, 1.165) is 18.2 Å². The fourth-order valence-corrected chi connectivity index (χ4v) is 0.539. The molecule has 0 amide bonds. The van der Waals surface area contributed by atoms with Gasteiger partial charge in [-0.25, -0.2) is 14.4 Å². The molecule has 0 aromatic carbocycles. The summed E-state index contributed by atoms with van der Waals surface area (Å²) >= 11 is 0. The van der Waals surface area contributed by atoms with Crippen LogP contribution < -0.4 is 0 Å². The molecule has 7 nitrogen and oxygen atoms in total. The third-order valence-electron chi connectivity index (χ3n) is 1.23. The number of carboxylic acids is 2. The van der Waals surface area contributed by atoms with Gasteiger partial charge in [-0.2, -0.15) is 0 Å². The van der Waals surface area contributed by atoms with Gasteiger partial charge in [-0.05, 0) is 13.0 Å². The van der Waals surface area contributed by atoms with Crippen LogP contribution in [0.3, 0.4) is 0 Å². The summed E-state index contributed by atoms with van der Waals surface area (Å²) in [4.78, 5) is 30.2. The minimum atomic E-state index is -1.20. The van der Waals surface area contributed by atoms with E-state index in [4.69, 9.17) is 15.3 Å². The average molecular weight is 258 g/mol. The number of carbonyl (C=O) groups is 3. The monoisotopic (exact) mass is 258 g/mol. The molecule has 0 aromatic rings. The van der Waals surface area contributed by atoms with Crippen molar-refractivity contribution in [2.24, 2.45) is 0 Å². The Hall–Kier alpha value is -2.57. The highest BCUT2D eigenvalue weighted by molar-refractivity contribution is 5.93. The second-order valence-corrected chi connectivity index (χ2v) is 2.52. The topological polar surface area (TPSA) is 121 Å². The van der Waals surface area contributed by atoms with Gasteiger partial charge in [0, 0.05) is 12.2 Å². The number of ether oxygens (including phenoxy) is 1. The number of aliphatic hydroxyl groups is 1. The number of carboxylic acid groups (broad SMARTS) is 2. The standard InChI is InChI=1S/C8H10O5.C3H4O2/c1-2-13-8(12)6(5-9)3-4-7(10)11;1-2-3(4)5/h3-5,9H,2H2,1H3,(H,10,11);2H,1H2,(H,4,5). The van der Waals surface area contributed by atoms with Gasteiger partial charge < -0.3 is 20.1 Å². The number of hydrogen-bond donors (Lipinski definition) is 3. The van der Waals surface area contributed by atoms with Gasteiger partial charge in [-0.15, -0.1) is 0 Å². The first-order chi connectivity index (χ1) is 8.38. The normalized spacial score (nSPS) is 10.2. The molecule has 0 radical (unpaired) electrons. The molecule has 0 aliphatic heterocycles. The van der Waals surface area contributed by atoms with E-state index in [1.54, 1.807) is 6.92 Å². The molecule has 18 heavy (non-hydrogen) atoms. The zero-order chi connectivity index (χ0) is 14.6. The van der Waals surface area contributed by atoms with Gasteiger partial charge in [0.2, 0.25) is 0 Å². The van der Waals surface area contributed by atoms with Crippen molar-refractivity contribution in [3.05, 3.63) is 36.6 Å². The van der Waals surface area contributed by atoms with Crippen molar-refractivity contribution in [1.29, 1.82) is 0 Å². The largest absolute Gasteiger partial charge is 0.515 e. The summed E-state index contributed by atoms with van der Waals surface area (Å²) in [7, 11) is 0. The lowest BCUT2D eigenvalue weighted by Crippen LogP contribution is -2.06. The molecule has 0 fully saturated rings. The summed E-state index contributed by atoms with van der Waals surface area (Å²) in [6.07, 6.45) is 3.02. The zero-order valence-electron chi connectivity index (χ0n) is 9.70. The lowest BCUT2D eigenvalue weighted by atomic mass is 10.3. The molecule has 7 heteroatoms. The molecule has 0 atom stereocenters. The number of carbonyl (C=O) groups excluding carboxylic acids is 1. The van der Waals surface area contributed by atoms with E-state index in [1.165, 1.54) is 0 Å². The maximum absolute atomic E-state index is 10.9. The molecule has 0 bridgehead atoms. The summed E-state index contributed by atoms with van der Waals surface area (Å²) < 4.78 is 4.52. The molecular formula is C11H14O7. The molecule has 0 heterocycles. The van der Waals surface area contributed by atoms with E-state index < -0.39 is 17.9 Å². The Balaban J connectivity index is 0. The van der Waals surface area contributed by atoms with Crippen LogP contribution in [-0.2, 0) is 19.1 Å². The summed E-state index contributed by atoms with van der Waals surface area (Å²) in [5, 5.41) is 24.4. The molecule has 0 aliphatic carbocycles. The summed E-state index contributed by atoms with van der Waals surface area (Å²) in [6.45, 7) is 4.73. The van der Waals surface area contributed by atoms with Crippen molar-refractivity contribution in [2.45, 2.75) is 6.92 Å². The van der Waals surface area contributed by atoms with Crippen molar-refractivity contribution < 1.29 is 34.4 Å². The second kappa shape index (κ2) is 10.9. The lowest BCUT2D eigenvalue weighted by molar-refractivity contribution is -0.138. The highest BCUT2D eigenvalue weighted by atomic mass is 16.5. The van der Waals surface area contributed by atoms with Crippen LogP contribution in [0.4, 0.5) is 0 Å². The van der Waals surface area contributed by atoms with Crippen LogP contribution in [0.2, 0.25) is 0 Å². The van der Waals surface area contributed by atoms with Crippen LogP contribution in [0.5, 0.6) is 0 Å². The molecule has 0 unspecified atom stereocenters. The first-order valence-corrected chi connectivity index (χ1v) is 4.66. The summed E-state index contributed by atoms with van der Waals surface area (Å²) in [6, 6.07) is 0. The molecule has 3 N–H and O–H groups in total. The molecule has 100 valence electrons. The van der Waals surface area contributed by atoms with Gasteiger partial charge in [0.15, 0.2) is 0 Å². The maximum atomic E-state index is 10.9. The van der Waals surface area contributed by atoms with Crippen LogP contribution in [0, 0.1) is 0 Å². The molecule has 0 saturated carbocycles. The van der Waals surface area contributed by atoms with E-state index in [0.29, 0.717) is 6.26 Å². The Morgan fingerprint density at radius 3 is 1.94 bits per heavy atom. The van der Waals surface area contributed by atoms with Crippen LogP contribution in [0.1, 0.15) is 6.92 Å². The van der Waals surface area contributed by atoms with Gasteiger partial charge >= 0.3 is 17.9 Å². The second-order valence-electron chi connectivity index (χ2n) is 2.52. The van der Waals surface area contributed by atoms with Crippen LogP contribution in [-0.4, -0.2) is 39.8 Å². The van der Waals surface area contributed by atoms with E-state index in [2.05, 4.69) is 11.3 Å². The number of aliphatic carboxylic acids is 2. The average Bonchev–Trinajstić information content (AvgIpc) is 2.30. The first-order valence-electron chi connectivity index (χ1n) is 4.66. The first kappa shape index (κ1) is 17.8. The van der Waals surface area contributed by atoms with Gasteiger partial charge in [0.05, 0.1) is 18.4 Å². The minimum absolute atomic E-state index is 0.164. The van der Waals surface area contributed by atoms with E-state index in [9.17, 15) is 14.4 Å². The van der Waals surface area contributed by atoms with Crippen molar-refractivity contribution in [3.63, 3.8) is 0 Å². The molecule has 0 spiro atoms. The number of hydrogen-bond acceptors (Lipinski definition) is 5. The summed E-state index contributed by atoms with van der Waals surface area (Å²) in [5.41, 5.74) is -0.204. The predicted octanol–water partition coefficient (Wildman–Crippen LogP) is 0.889. The van der Waals surface area contributed by atoms with Crippen LogP contribution >= 0.6 is 0 Å². The third kappa shape index (κ3) is 11.5. The molecule has 0 aliphatic rings. The van der Waals surface area contributed by atoms with Gasteiger partial charge in [0.1, 0.15) is 0 Å². The predicted molar refractivity (Wildman–Crippen MR) is 62.0 cm³/mol. The van der Waals surface area contributed by atoms with Crippen LogP contribution in [0.15, 0.2) is 36.6 Å². The molecule has 0 saturated heterocycles. The highest BCUT2D eigenvalue weighted by Crippen LogP contribution is 1.99. The number of rotatable bonds is 5. The Labute approximate surface area is 103 Å². The van der Waals surface area contributed by atoms with Gasteiger partial charge in [-0.3, -0.25) is 0 Å². The van der Waals surface area contributed by atoms with E-state index >= 15 is 0 Å². The van der Waals surface area contributed by atoms with Crippen LogP contribution in [0.25, 0.3) is 0 Å². The highest BCUT2D eigenvalue weighted by Gasteiger charge is 2.06. The fraction of sp³-hybridized carbons (Fsp3) is 0.182. The van der Waals surface area contributed by atoms with Gasteiger partial charge in [0.25, 0.3) is 0 Å². The summed E-state index contributed by atoms with van der Waals surface area (Å²) in [5.74, 6) is -2.95. The zero-order valence-corrected chi connectivity index (χ0v) is 9.70. The molecule has 0 aromatic heterocycles. The van der Waals surface area contributed by atoms with Gasteiger partial charge in [-0.1, -0.05) is 6.58 Å². The number of aliphatic hydroxyl groups excluding tert-OH is 1. The number of esters is 1. The minimum Gasteiger partial charge on any atom is -0.515 e. The van der Waals surface area contributed by atoms with Crippen molar-refractivity contribution in [3.8, 4) is 0 Å². The third-order valence-corrected chi connectivity index (χ3v) is 1.23. The SMILES string of the molecule is C=CC(=O)O.CCOC(=O)C(C=CC(=O)O)=CO. The molecular weight excluding hydrogens is 244 g/mol. The van der Waals surface area contributed by atoms with E-state index in [-0.39, 0.29) is 12.2 Å². The van der Waals surface area contributed by atoms with Crippen molar-refractivity contribution in [1.82, 2.24) is 0 Å². The lowest BCUT2D eigenvalue weighted by Gasteiger charge is -1.99. The van der Waals surface area contributed by atoms with E-state index in [1.807, 2.05) is 0 Å². The van der Waals surface area contributed by atoms with Crippen molar-refractivity contribution >= 4 is 17.9 Å².